The van der Waals surface area contributed by atoms with Crippen LogP contribution in [0.4, 0.5) is 13.2 Å². The Balaban J connectivity index is 0.000000370. The Hall–Kier alpha value is -2.21. The molecule has 29 heavy (non-hydrogen) atoms. The molecule has 1 N–H and O–H groups in total. The highest BCUT2D eigenvalue weighted by Gasteiger charge is 2.50. The van der Waals surface area contributed by atoms with Crippen molar-refractivity contribution in [3.63, 3.8) is 0 Å². The van der Waals surface area contributed by atoms with Gasteiger partial charge in [-0.1, -0.05) is 6.07 Å². The van der Waals surface area contributed by atoms with Crippen LogP contribution in [0.15, 0.2) is 18.2 Å². The number of halogens is 3. The molecule has 0 bridgehead atoms. The average Bonchev–Trinajstić information content (AvgIpc) is 3.15. The molecule has 0 aliphatic carbocycles. The summed E-state index contributed by atoms with van der Waals surface area (Å²) >= 11 is 0. The van der Waals surface area contributed by atoms with Crippen LogP contribution in [-0.2, 0) is 26.2 Å². The smallest absolute Gasteiger partial charge is 0.475 e. The summed E-state index contributed by atoms with van der Waals surface area (Å²) in [6.07, 6.45) is -4.09. The highest BCUT2D eigenvalue weighted by molar-refractivity contribution is 7.89. The first kappa shape index (κ1) is 23.1. The minimum atomic E-state index is -5.08. The van der Waals surface area contributed by atoms with Gasteiger partial charge in [0.2, 0.25) is 15.9 Å². The molecular formula is C17H22F3N3O5S. The number of aliphatic carboxylic acids is 1. The van der Waals surface area contributed by atoms with E-state index < -0.39 is 22.2 Å². The lowest BCUT2D eigenvalue weighted by atomic mass is 10.1. The van der Waals surface area contributed by atoms with Gasteiger partial charge in [-0.05, 0) is 32.4 Å². The first-order valence-electron chi connectivity index (χ1n) is 8.88. The van der Waals surface area contributed by atoms with Gasteiger partial charge in [0.05, 0.1) is 30.1 Å². The molecule has 0 saturated carbocycles. The van der Waals surface area contributed by atoms with E-state index in [0.29, 0.717) is 19.5 Å². The number of alkyl halides is 3. The molecular weight excluding hydrogens is 415 g/mol. The van der Waals surface area contributed by atoms with Crippen LogP contribution in [0.3, 0.4) is 0 Å². The number of fused-ring (bicyclic) bond motifs is 1. The summed E-state index contributed by atoms with van der Waals surface area (Å²) in [7, 11) is -3.24. The molecule has 2 atom stereocenters. The lowest BCUT2D eigenvalue weighted by Gasteiger charge is -2.24. The Labute approximate surface area is 166 Å². The van der Waals surface area contributed by atoms with E-state index in [1.54, 1.807) is 11.8 Å². The molecule has 2 saturated heterocycles. The van der Waals surface area contributed by atoms with Gasteiger partial charge in [0.15, 0.2) is 0 Å². The number of sulfonamides is 1. The normalized spacial score (nSPS) is 22.2. The van der Waals surface area contributed by atoms with Crippen molar-refractivity contribution in [2.75, 3.05) is 12.3 Å². The Morgan fingerprint density at radius 2 is 1.93 bits per heavy atom. The Morgan fingerprint density at radius 1 is 1.31 bits per heavy atom. The van der Waals surface area contributed by atoms with E-state index in [-0.39, 0.29) is 30.2 Å². The number of hydrogen-bond acceptors (Lipinski definition) is 5. The van der Waals surface area contributed by atoms with Crippen LogP contribution in [-0.4, -0.2) is 70.1 Å². The minimum absolute atomic E-state index is 0.0175. The fourth-order valence-electron chi connectivity index (χ4n) is 3.47. The third kappa shape index (κ3) is 5.44. The van der Waals surface area contributed by atoms with Crippen molar-refractivity contribution in [1.29, 1.82) is 0 Å². The van der Waals surface area contributed by atoms with E-state index in [1.165, 1.54) is 4.31 Å². The van der Waals surface area contributed by atoms with Gasteiger partial charge in [-0.25, -0.2) is 13.2 Å². The zero-order valence-corrected chi connectivity index (χ0v) is 16.7. The highest BCUT2D eigenvalue weighted by Crippen LogP contribution is 2.35. The van der Waals surface area contributed by atoms with Crippen molar-refractivity contribution in [1.82, 2.24) is 14.2 Å². The van der Waals surface area contributed by atoms with Crippen molar-refractivity contribution < 1.29 is 36.3 Å². The number of rotatable bonds is 4. The molecule has 8 nitrogen and oxygen atoms in total. The fourth-order valence-corrected chi connectivity index (χ4v) is 4.81. The maximum atomic E-state index is 12.3. The third-order valence-corrected chi connectivity index (χ3v) is 6.70. The van der Waals surface area contributed by atoms with E-state index >= 15 is 0 Å². The van der Waals surface area contributed by atoms with Crippen molar-refractivity contribution in [3.8, 4) is 0 Å². The molecule has 0 radical (unpaired) electrons. The van der Waals surface area contributed by atoms with Crippen LogP contribution >= 0.6 is 0 Å². The number of likely N-dealkylation sites (tertiary alicyclic amines) is 1. The second-order valence-electron chi connectivity index (χ2n) is 6.73. The summed E-state index contributed by atoms with van der Waals surface area (Å²) in [5.74, 6) is -2.65. The van der Waals surface area contributed by atoms with Crippen LogP contribution in [0.2, 0.25) is 0 Å². The number of carboxylic acids is 1. The zero-order valence-electron chi connectivity index (χ0n) is 15.9. The van der Waals surface area contributed by atoms with Crippen molar-refractivity contribution in [2.24, 2.45) is 0 Å². The SMILES string of the molecule is CCS(=O)(=O)N1CC[C@H]2[C@H]1CC(=O)N2Cc1cccc(C)n1.O=C(O)C(F)(F)F. The van der Waals surface area contributed by atoms with Gasteiger partial charge in [0.25, 0.3) is 0 Å². The number of pyridine rings is 1. The number of amides is 1. The minimum Gasteiger partial charge on any atom is -0.475 e. The molecule has 0 unspecified atom stereocenters. The molecule has 1 amide bonds. The maximum absolute atomic E-state index is 12.3. The second-order valence-corrected chi connectivity index (χ2v) is 8.94. The summed E-state index contributed by atoms with van der Waals surface area (Å²) < 4.78 is 57.6. The summed E-state index contributed by atoms with van der Waals surface area (Å²) in [5, 5.41) is 7.12. The van der Waals surface area contributed by atoms with Gasteiger partial charge in [-0.3, -0.25) is 9.78 Å². The van der Waals surface area contributed by atoms with Gasteiger partial charge in [-0.2, -0.15) is 17.5 Å². The molecule has 2 fully saturated rings. The zero-order chi connectivity index (χ0) is 22.0. The second kappa shape index (κ2) is 8.66. The fraction of sp³-hybridized carbons (Fsp3) is 0.588. The van der Waals surface area contributed by atoms with E-state index in [1.807, 2.05) is 25.1 Å². The molecule has 0 spiro atoms. The molecule has 2 aliphatic heterocycles. The molecule has 162 valence electrons. The molecule has 1 aromatic heterocycles. The van der Waals surface area contributed by atoms with Gasteiger partial charge in [0.1, 0.15) is 0 Å². The van der Waals surface area contributed by atoms with E-state index in [0.717, 1.165) is 11.4 Å². The first-order chi connectivity index (χ1) is 13.4. The molecule has 3 rings (SSSR count). The molecule has 3 heterocycles. The monoisotopic (exact) mass is 437 g/mol. The Bertz CT molecular complexity index is 875. The van der Waals surface area contributed by atoms with E-state index in [9.17, 15) is 26.4 Å². The standard InChI is InChI=1S/C15H21N3O3S.C2HF3O2/c1-3-22(20,21)18-8-7-13-14(18)9-15(19)17(13)10-12-6-4-5-11(2)16-12;3-2(4,5)1(6)7/h4-6,13-14H,3,7-10H2,1-2H3;(H,6,7)/t13-,14+;/m0./s1. The van der Waals surface area contributed by atoms with Crippen molar-refractivity contribution in [2.45, 2.75) is 51.5 Å². The summed E-state index contributed by atoms with van der Waals surface area (Å²) in [6, 6.07) is 5.53. The van der Waals surface area contributed by atoms with Crippen LogP contribution in [0.1, 0.15) is 31.2 Å². The molecule has 2 aliphatic rings. The number of carbonyl (C=O) groups excluding carboxylic acids is 1. The van der Waals surface area contributed by atoms with E-state index in [2.05, 4.69) is 4.98 Å². The van der Waals surface area contributed by atoms with Crippen LogP contribution in [0.25, 0.3) is 0 Å². The summed E-state index contributed by atoms with van der Waals surface area (Å²) in [5.41, 5.74) is 1.77. The Kier molecular flexibility index (Phi) is 6.89. The Morgan fingerprint density at radius 3 is 2.45 bits per heavy atom. The predicted octanol–water partition coefficient (Wildman–Crippen LogP) is 1.55. The topological polar surface area (TPSA) is 108 Å². The third-order valence-electron chi connectivity index (χ3n) is 4.81. The van der Waals surface area contributed by atoms with Gasteiger partial charge in [0, 0.05) is 18.7 Å². The number of aryl methyl sites for hydroxylation is 1. The maximum Gasteiger partial charge on any atom is 0.490 e. The quantitative estimate of drug-likeness (QED) is 0.766. The number of aromatic nitrogens is 1. The predicted molar refractivity (Wildman–Crippen MR) is 96.2 cm³/mol. The average molecular weight is 437 g/mol. The van der Waals surface area contributed by atoms with Gasteiger partial charge < -0.3 is 10.0 Å². The first-order valence-corrected chi connectivity index (χ1v) is 10.5. The van der Waals surface area contributed by atoms with Crippen LogP contribution < -0.4 is 0 Å². The number of carboxylic acid groups (broad SMARTS) is 1. The number of nitrogens with zero attached hydrogens (tertiary/aromatic N) is 3. The van der Waals surface area contributed by atoms with Crippen LogP contribution in [0, 0.1) is 6.92 Å². The van der Waals surface area contributed by atoms with Gasteiger partial charge in [-0.15, -0.1) is 0 Å². The molecule has 1 aromatic rings. The summed E-state index contributed by atoms with van der Waals surface area (Å²) in [6.45, 7) is 4.54. The van der Waals surface area contributed by atoms with Crippen molar-refractivity contribution >= 4 is 21.9 Å². The van der Waals surface area contributed by atoms with E-state index in [4.69, 9.17) is 9.90 Å². The molecule has 12 heteroatoms. The number of carbonyl (C=O) groups is 2. The van der Waals surface area contributed by atoms with Gasteiger partial charge >= 0.3 is 12.1 Å². The summed E-state index contributed by atoms with van der Waals surface area (Å²) in [4.78, 5) is 27.5. The lowest BCUT2D eigenvalue weighted by molar-refractivity contribution is -0.192. The van der Waals surface area contributed by atoms with Crippen molar-refractivity contribution in [3.05, 3.63) is 29.6 Å². The lowest BCUT2D eigenvalue weighted by Crippen LogP contribution is -2.40. The number of hydrogen-bond donors (Lipinski definition) is 1. The van der Waals surface area contributed by atoms with Crippen LogP contribution in [0.5, 0.6) is 0 Å². The molecule has 0 aromatic carbocycles. The largest absolute Gasteiger partial charge is 0.490 e. The highest BCUT2D eigenvalue weighted by atomic mass is 32.2.